The quantitative estimate of drug-likeness (QED) is 0.720. The van der Waals surface area contributed by atoms with Gasteiger partial charge in [-0.1, -0.05) is 13.8 Å². The standard InChI is InChI=1S/C13H26N2O/c1-10(2)9-15(11(3)4)13(16)7-8-14-12-5-6-12/h10-12,14H,5-9H2,1-4H3. The van der Waals surface area contributed by atoms with Crippen LogP contribution in [0.2, 0.25) is 0 Å². The number of amides is 1. The Morgan fingerprint density at radius 2 is 1.94 bits per heavy atom. The second-order valence-electron chi connectivity index (χ2n) is 5.51. The van der Waals surface area contributed by atoms with Crippen molar-refractivity contribution in [3.63, 3.8) is 0 Å². The maximum atomic E-state index is 12.0. The number of hydrogen-bond acceptors (Lipinski definition) is 2. The zero-order chi connectivity index (χ0) is 12.1. The van der Waals surface area contributed by atoms with Crippen molar-refractivity contribution in [1.82, 2.24) is 10.2 Å². The summed E-state index contributed by atoms with van der Waals surface area (Å²) >= 11 is 0. The molecule has 0 spiro atoms. The Morgan fingerprint density at radius 1 is 1.31 bits per heavy atom. The number of hydrogen-bond donors (Lipinski definition) is 1. The molecule has 3 heteroatoms. The summed E-state index contributed by atoms with van der Waals surface area (Å²) in [6.45, 7) is 10.2. The molecule has 0 saturated heterocycles. The van der Waals surface area contributed by atoms with Crippen molar-refractivity contribution in [1.29, 1.82) is 0 Å². The van der Waals surface area contributed by atoms with E-state index in [-0.39, 0.29) is 5.91 Å². The third-order valence-electron chi connectivity index (χ3n) is 2.85. The molecule has 0 bridgehead atoms. The van der Waals surface area contributed by atoms with Crippen molar-refractivity contribution < 1.29 is 4.79 Å². The lowest BCUT2D eigenvalue weighted by Crippen LogP contribution is -2.40. The van der Waals surface area contributed by atoms with E-state index in [1.165, 1.54) is 12.8 Å². The monoisotopic (exact) mass is 226 g/mol. The van der Waals surface area contributed by atoms with Crippen molar-refractivity contribution >= 4 is 5.91 Å². The third-order valence-corrected chi connectivity index (χ3v) is 2.85. The van der Waals surface area contributed by atoms with Gasteiger partial charge < -0.3 is 10.2 Å². The van der Waals surface area contributed by atoms with Crippen LogP contribution in [0.15, 0.2) is 0 Å². The molecule has 0 radical (unpaired) electrons. The molecule has 94 valence electrons. The van der Waals surface area contributed by atoms with E-state index in [1.807, 2.05) is 4.90 Å². The highest BCUT2D eigenvalue weighted by Crippen LogP contribution is 2.18. The maximum Gasteiger partial charge on any atom is 0.224 e. The first-order chi connectivity index (χ1) is 7.50. The minimum Gasteiger partial charge on any atom is -0.340 e. The second kappa shape index (κ2) is 6.24. The van der Waals surface area contributed by atoms with E-state index in [9.17, 15) is 4.79 Å². The Hall–Kier alpha value is -0.570. The fraction of sp³-hybridized carbons (Fsp3) is 0.923. The van der Waals surface area contributed by atoms with Gasteiger partial charge in [-0.05, 0) is 32.6 Å². The van der Waals surface area contributed by atoms with E-state index in [4.69, 9.17) is 0 Å². The van der Waals surface area contributed by atoms with Crippen LogP contribution in [0, 0.1) is 5.92 Å². The molecule has 1 aliphatic carbocycles. The van der Waals surface area contributed by atoms with Gasteiger partial charge >= 0.3 is 0 Å². The minimum absolute atomic E-state index is 0.289. The Balaban J connectivity index is 2.27. The van der Waals surface area contributed by atoms with Gasteiger partial charge in [0.05, 0.1) is 0 Å². The molecule has 1 fully saturated rings. The van der Waals surface area contributed by atoms with Crippen molar-refractivity contribution in [3.05, 3.63) is 0 Å². The smallest absolute Gasteiger partial charge is 0.224 e. The van der Waals surface area contributed by atoms with Crippen molar-refractivity contribution in [2.75, 3.05) is 13.1 Å². The van der Waals surface area contributed by atoms with Crippen LogP contribution in [0.1, 0.15) is 47.0 Å². The van der Waals surface area contributed by atoms with E-state index >= 15 is 0 Å². The Labute approximate surface area is 99.6 Å². The van der Waals surface area contributed by atoms with Crippen LogP contribution >= 0.6 is 0 Å². The summed E-state index contributed by atoms with van der Waals surface area (Å²) in [4.78, 5) is 14.0. The fourth-order valence-corrected chi connectivity index (χ4v) is 1.81. The lowest BCUT2D eigenvalue weighted by Gasteiger charge is -2.28. The number of nitrogens with one attached hydrogen (secondary N) is 1. The second-order valence-corrected chi connectivity index (χ2v) is 5.51. The highest BCUT2D eigenvalue weighted by atomic mass is 16.2. The molecular weight excluding hydrogens is 200 g/mol. The average molecular weight is 226 g/mol. The molecule has 1 saturated carbocycles. The van der Waals surface area contributed by atoms with E-state index in [1.54, 1.807) is 0 Å². The van der Waals surface area contributed by atoms with E-state index in [0.29, 0.717) is 24.4 Å². The molecule has 0 unspecified atom stereocenters. The predicted molar refractivity (Wildman–Crippen MR) is 67.3 cm³/mol. The predicted octanol–water partition coefficient (Wildman–Crippen LogP) is 2.02. The summed E-state index contributed by atoms with van der Waals surface area (Å²) < 4.78 is 0. The molecule has 0 atom stereocenters. The van der Waals surface area contributed by atoms with E-state index in [2.05, 4.69) is 33.0 Å². The summed E-state index contributed by atoms with van der Waals surface area (Å²) in [6, 6.07) is 1.02. The first-order valence-corrected chi connectivity index (χ1v) is 6.53. The zero-order valence-electron chi connectivity index (χ0n) is 11.1. The number of nitrogens with zero attached hydrogens (tertiary/aromatic N) is 1. The Kier molecular flexibility index (Phi) is 5.26. The summed E-state index contributed by atoms with van der Waals surface area (Å²) in [5, 5.41) is 3.39. The third kappa shape index (κ3) is 4.97. The zero-order valence-corrected chi connectivity index (χ0v) is 11.1. The highest BCUT2D eigenvalue weighted by Gasteiger charge is 2.22. The summed E-state index contributed by atoms with van der Waals surface area (Å²) in [5.41, 5.74) is 0. The molecule has 0 aliphatic heterocycles. The molecule has 0 heterocycles. The molecule has 16 heavy (non-hydrogen) atoms. The van der Waals surface area contributed by atoms with Crippen LogP contribution in [-0.2, 0) is 4.79 Å². The summed E-state index contributed by atoms with van der Waals surface area (Å²) in [7, 11) is 0. The van der Waals surface area contributed by atoms with Gasteiger partial charge in [0.1, 0.15) is 0 Å². The minimum atomic E-state index is 0.289. The largest absolute Gasteiger partial charge is 0.340 e. The number of carbonyl (C=O) groups is 1. The Morgan fingerprint density at radius 3 is 2.38 bits per heavy atom. The SMILES string of the molecule is CC(C)CN(C(=O)CCNC1CC1)C(C)C. The van der Waals surface area contributed by atoms with Gasteiger partial charge in [-0.15, -0.1) is 0 Å². The van der Waals surface area contributed by atoms with Crippen LogP contribution in [0.4, 0.5) is 0 Å². The van der Waals surface area contributed by atoms with Crippen LogP contribution in [0.3, 0.4) is 0 Å². The molecule has 1 rings (SSSR count). The maximum absolute atomic E-state index is 12.0. The molecule has 0 aromatic carbocycles. The first kappa shape index (κ1) is 13.5. The molecular formula is C13H26N2O. The molecule has 1 aliphatic rings. The topological polar surface area (TPSA) is 32.3 Å². The van der Waals surface area contributed by atoms with Crippen molar-refractivity contribution in [3.8, 4) is 0 Å². The van der Waals surface area contributed by atoms with Gasteiger partial charge in [0.15, 0.2) is 0 Å². The van der Waals surface area contributed by atoms with Gasteiger partial charge in [0.2, 0.25) is 5.91 Å². The molecule has 0 aromatic heterocycles. The number of rotatable bonds is 7. The Bertz CT molecular complexity index is 222. The molecule has 1 amide bonds. The van der Waals surface area contributed by atoms with Crippen molar-refractivity contribution in [2.24, 2.45) is 5.92 Å². The fourth-order valence-electron chi connectivity index (χ4n) is 1.81. The molecule has 0 aromatic rings. The lowest BCUT2D eigenvalue weighted by molar-refractivity contribution is -0.133. The van der Waals surface area contributed by atoms with Gasteiger partial charge in [0.25, 0.3) is 0 Å². The number of carbonyl (C=O) groups excluding carboxylic acids is 1. The van der Waals surface area contributed by atoms with Crippen LogP contribution < -0.4 is 5.32 Å². The summed E-state index contributed by atoms with van der Waals surface area (Å²) in [6.07, 6.45) is 3.21. The first-order valence-electron chi connectivity index (χ1n) is 6.53. The highest BCUT2D eigenvalue weighted by molar-refractivity contribution is 5.76. The molecule has 1 N–H and O–H groups in total. The summed E-state index contributed by atoms with van der Waals surface area (Å²) in [5.74, 6) is 0.833. The van der Waals surface area contributed by atoms with Crippen LogP contribution in [0.5, 0.6) is 0 Å². The average Bonchev–Trinajstić information content (AvgIpc) is 2.97. The van der Waals surface area contributed by atoms with E-state index in [0.717, 1.165) is 13.1 Å². The van der Waals surface area contributed by atoms with Gasteiger partial charge in [-0.2, -0.15) is 0 Å². The molecule has 3 nitrogen and oxygen atoms in total. The lowest BCUT2D eigenvalue weighted by atomic mass is 10.1. The van der Waals surface area contributed by atoms with E-state index < -0.39 is 0 Å². The van der Waals surface area contributed by atoms with Crippen molar-refractivity contribution in [2.45, 2.75) is 59.0 Å². The van der Waals surface area contributed by atoms with Gasteiger partial charge in [-0.25, -0.2) is 0 Å². The van der Waals surface area contributed by atoms with Crippen LogP contribution in [0.25, 0.3) is 0 Å². The van der Waals surface area contributed by atoms with Crippen LogP contribution in [-0.4, -0.2) is 36.0 Å². The van der Waals surface area contributed by atoms with Gasteiger partial charge in [0, 0.05) is 31.6 Å². The van der Waals surface area contributed by atoms with Gasteiger partial charge in [-0.3, -0.25) is 4.79 Å². The normalized spacial score (nSPS) is 15.9.